The van der Waals surface area contributed by atoms with Crippen LogP contribution < -0.4 is 5.32 Å². The van der Waals surface area contributed by atoms with Gasteiger partial charge in [-0.2, -0.15) is 0 Å². The number of nitrogens with zero attached hydrogens (tertiary/aromatic N) is 1. The van der Waals surface area contributed by atoms with Crippen LogP contribution in [0.2, 0.25) is 0 Å². The summed E-state index contributed by atoms with van der Waals surface area (Å²) >= 11 is 0. The first kappa shape index (κ1) is 20.5. The summed E-state index contributed by atoms with van der Waals surface area (Å²) < 4.78 is 24.6. The summed E-state index contributed by atoms with van der Waals surface area (Å²) in [6, 6.07) is 6.09. The van der Waals surface area contributed by atoms with Gasteiger partial charge in [0.25, 0.3) is 0 Å². The van der Waals surface area contributed by atoms with E-state index in [1.807, 2.05) is 20.8 Å². The van der Waals surface area contributed by atoms with Gasteiger partial charge in [-0.3, -0.25) is 4.98 Å². The number of hydrogen-bond acceptors (Lipinski definition) is 5. The number of alkyl carbamates (subject to hydrolysis) is 1. The van der Waals surface area contributed by atoms with Gasteiger partial charge in [-0.25, -0.2) is 9.18 Å². The number of nitrogens with one attached hydrogen (secondary N) is 1. The summed E-state index contributed by atoms with van der Waals surface area (Å²) in [7, 11) is 0. The van der Waals surface area contributed by atoms with Gasteiger partial charge in [0.15, 0.2) is 0 Å². The molecule has 0 radical (unpaired) electrons. The van der Waals surface area contributed by atoms with E-state index in [1.54, 1.807) is 18.3 Å². The second kappa shape index (κ2) is 8.41. The fourth-order valence-corrected chi connectivity index (χ4v) is 3.37. The maximum absolute atomic E-state index is 13.6. The Morgan fingerprint density at radius 2 is 2.18 bits per heavy atom. The van der Waals surface area contributed by atoms with Crippen molar-refractivity contribution < 1.29 is 23.8 Å². The van der Waals surface area contributed by atoms with Gasteiger partial charge in [-0.15, -0.1) is 0 Å². The van der Waals surface area contributed by atoms with E-state index in [0.717, 1.165) is 5.56 Å². The summed E-state index contributed by atoms with van der Waals surface area (Å²) in [5, 5.41) is 14.1. The summed E-state index contributed by atoms with van der Waals surface area (Å²) in [6.45, 7) is 5.74. The van der Waals surface area contributed by atoms with E-state index in [2.05, 4.69) is 10.3 Å². The standard InChI is InChI=1S/C21H27FN2O4/c1-21(2,3)28-20(26)24-15-5-7-19(27-12-15)18(25)10-13-8-9-23-17-6-4-14(22)11-16(13)17/h4,6,8-9,11,15,18-19,25H,5,7,10,12H2,1-3H3,(H,24,26)/t15-,18?,19+/m1/s1. The van der Waals surface area contributed by atoms with Crippen LogP contribution >= 0.6 is 0 Å². The van der Waals surface area contributed by atoms with Gasteiger partial charge < -0.3 is 19.9 Å². The highest BCUT2D eigenvalue weighted by molar-refractivity contribution is 5.82. The predicted octanol–water partition coefficient (Wildman–Crippen LogP) is 3.35. The van der Waals surface area contributed by atoms with Crippen LogP contribution in [-0.2, 0) is 15.9 Å². The molecule has 7 heteroatoms. The zero-order chi connectivity index (χ0) is 20.3. The molecule has 1 amide bonds. The third-order valence-corrected chi connectivity index (χ3v) is 4.68. The first-order valence-electron chi connectivity index (χ1n) is 9.53. The summed E-state index contributed by atoms with van der Waals surface area (Å²) in [5.74, 6) is -0.332. The lowest BCUT2D eigenvalue weighted by molar-refractivity contribution is -0.0718. The molecule has 1 aromatic carbocycles. The van der Waals surface area contributed by atoms with Crippen molar-refractivity contribution in [2.45, 2.75) is 63.9 Å². The molecule has 2 N–H and O–H groups in total. The number of carbonyl (C=O) groups excluding carboxylic acids is 1. The lowest BCUT2D eigenvalue weighted by Crippen LogP contribution is -2.47. The third kappa shape index (κ3) is 5.39. The molecule has 2 aromatic rings. The molecule has 1 aromatic heterocycles. The average Bonchev–Trinajstić information content (AvgIpc) is 2.61. The summed E-state index contributed by atoms with van der Waals surface area (Å²) in [4.78, 5) is 16.1. The Hall–Kier alpha value is -2.25. The van der Waals surface area contributed by atoms with Crippen molar-refractivity contribution in [2.75, 3.05) is 6.61 Å². The quantitative estimate of drug-likeness (QED) is 0.837. The number of aliphatic hydroxyl groups excluding tert-OH is 1. The molecule has 2 heterocycles. The van der Waals surface area contributed by atoms with E-state index >= 15 is 0 Å². The molecule has 3 atom stereocenters. The van der Waals surface area contributed by atoms with Crippen molar-refractivity contribution in [3.8, 4) is 0 Å². The second-order valence-electron chi connectivity index (χ2n) is 8.20. The Morgan fingerprint density at radius 3 is 2.86 bits per heavy atom. The number of benzene rings is 1. The molecule has 0 aliphatic carbocycles. The molecule has 28 heavy (non-hydrogen) atoms. The monoisotopic (exact) mass is 390 g/mol. The molecule has 1 aliphatic rings. The van der Waals surface area contributed by atoms with E-state index in [-0.39, 0.29) is 18.0 Å². The maximum atomic E-state index is 13.6. The SMILES string of the molecule is CC(C)(C)OC(=O)N[C@@H]1CC[C@@H](C(O)Cc2ccnc3ccc(F)cc23)OC1. The van der Waals surface area contributed by atoms with Crippen LogP contribution in [0.4, 0.5) is 9.18 Å². The smallest absolute Gasteiger partial charge is 0.407 e. The Bertz CT molecular complexity index is 829. The number of aliphatic hydroxyl groups is 1. The first-order chi connectivity index (χ1) is 13.2. The number of amides is 1. The number of carbonyl (C=O) groups is 1. The molecule has 0 saturated carbocycles. The highest BCUT2D eigenvalue weighted by Gasteiger charge is 2.29. The van der Waals surface area contributed by atoms with E-state index < -0.39 is 17.8 Å². The minimum atomic E-state index is -0.726. The molecule has 1 aliphatic heterocycles. The minimum absolute atomic E-state index is 0.144. The molecule has 1 fully saturated rings. The van der Waals surface area contributed by atoms with Crippen molar-refractivity contribution in [1.29, 1.82) is 0 Å². The molecular weight excluding hydrogens is 363 g/mol. The van der Waals surface area contributed by atoms with Crippen molar-refractivity contribution in [1.82, 2.24) is 10.3 Å². The van der Waals surface area contributed by atoms with Gasteiger partial charge >= 0.3 is 6.09 Å². The van der Waals surface area contributed by atoms with E-state index in [0.29, 0.717) is 36.8 Å². The van der Waals surface area contributed by atoms with E-state index in [9.17, 15) is 14.3 Å². The predicted molar refractivity (Wildman–Crippen MR) is 104 cm³/mol. The molecular formula is C21H27FN2O4. The Labute approximate surface area is 164 Å². The fourth-order valence-electron chi connectivity index (χ4n) is 3.37. The number of rotatable bonds is 4. The normalized spacial score (nSPS) is 21.3. The van der Waals surface area contributed by atoms with Crippen molar-refractivity contribution in [3.63, 3.8) is 0 Å². The zero-order valence-corrected chi connectivity index (χ0v) is 16.4. The van der Waals surface area contributed by atoms with Crippen LogP contribution in [0.3, 0.4) is 0 Å². The van der Waals surface area contributed by atoms with Crippen LogP contribution in [0, 0.1) is 5.82 Å². The Balaban J connectivity index is 1.55. The number of ether oxygens (including phenoxy) is 2. The molecule has 0 bridgehead atoms. The van der Waals surface area contributed by atoms with E-state index in [1.165, 1.54) is 12.1 Å². The maximum Gasteiger partial charge on any atom is 0.407 e. The van der Waals surface area contributed by atoms with Gasteiger partial charge in [0.2, 0.25) is 0 Å². The highest BCUT2D eigenvalue weighted by Crippen LogP contribution is 2.23. The topological polar surface area (TPSA) is 80.7 Å². The number of pyridine rings is 1. The second-order valence-corrected chi connectivity index (χ2v) is 8.20. The lowest BCUT2D eigenvalue weighted by Gasteiger charge is -2.32. The van der Waals surface area contributed by atoms with Gasteiger partial charge in [0, 0.05) is 18.0 Å². The summed E-state index contributed by atoms with van der Waals surface area (Å²) in [5.41, 5.74) is 0.970. The fraction of sp³-hybridized carbons (Fsp3) is 0.524. The van der Waals surface area contributed by atoms with Crippen LogP contribution in [-0.4, -0.2) is 46.6 Å². The Kier molecular flexibility index (Phi) is 6.15. The molecule has 152 valence electrons. The number of fused-ring (bicyclic) bond motifs is 1. The average molecular weight is 390 g/mol. The van der Waals surface area contributed by atoms with Crippen LogP contribution in [0.15, 0.2) is 30.5 Å². The number of hydrogen-bond donors (Lipinski definition) is 2. The van der Waals surface area contributed by atoms with Crippen LogP contribution in [0.1, 0.15) is 39.2 Å². The molecule has 0 spiro atoms. The lowest BCUT2D eigenvalue weighted by atomic mass is 9.95. The van der Waals surface area contributed by atoms with Crippen molar-refractivity contribution in [2.24, 2.45) is 0 Å². The van der Waals surface area contributed by atoms with Gasteiger partial charge in [-0.1, -0.05) is 0 Å². The summed E-state index contributed by atoms with van der Waals surface area (Å²) in [6.07, 6.45) is 1.77. The first-order valence-corrected chi connectivity index (χ1v) is 9.53. The number of aromatic nitrogens is 1. The van der Waals surface area contributed by atoms with Crippen molar-refractivity contribution in [3.05, 3.63) is 41.8 Å². The van der Waals surface area contributed by atoms with Crippen LogP contribution in [0.25, 0.3) is 10.9 Å². The third-order valence-electron chi connectivity index (χ3n) is 4.68. The zero-order valence-electron chi connectivity index (χ0n) is 16.4. The molecule has 6 nitrogen and oxygen atoms in total. The minimum Gasteiger partial charge on any atom is -0.444 e. The van der Waals surface area contributed by atoms with Gasteiger partial charge in [-0.05, 0) is 63.4 Å². The number of halogens is 1. The molecule has 1 saturated heterocycles. The van der Waals surface area contributed by atoms with Gasteiger partial charge in [0.1, 0.15) is 11.4 Å². The molecule has 3 rings (SSSR count). The molecule has 1 unspecified atom stereocenters. The largest absolute Gasteiger partial charge is 0.444 e. The van der Waals surface area contributed by atoms with Crippen molar-refractivity contribution >= 4 is 17.0 Å². The Morgan fingerprint density at radius 1 is 1.39 bits per heavy atom. The van der Waals surface area contributed by atoms with Gasteiger partial charge in [0.05, 0.1) is 30.4 Å². The van der Waals surface area contributed by atoms with Crippen LogP contribution in [0.5, 0.6) is 0 Å². The highest BCUT2D eigenvalue weighted by atomic mass is 19.1. The van der Waals surface area contributed by atoms with E-state index in [4.69, 9.17) is 9.47 Å².